The van der Waals surface area contributed by atoms with Crippen molar-refractivity contribution >= 4 is 69.8 Å². The van der Waals surface area contributed by atoms with Gasteiger partial charge in [-0.2, -0.15) is 0 Å². The molecule has 10 heteroatoms. The maximum Gasteiger partial charge on any atom is 0.413 e. The van der Waals surface area contributed by atoms with E-state index < -0.39 is 12.0 Å². The van der Waals surface area contributed by atoms with E-state index in [0.717, 1.165) is 17.3 Å². The van der Waals surface area contributed by atoms with Crippen LogP contribution in [0.15, 0.2) is 53.2 Å². The van der Waals surface area contributed by atoms with Crippen molar-refractivity contribution < 1.29 is 19.1 Å². The first-order chi connectivity index (χ1) is 15.3. The molecule has 1 aliphatic rings. The summed E-state index contributed by atoms with van der Waals surface area (Å²) in [6, 6.07) is 12.3. The second-order valence-corrected chi connectivity index (χ2v) is 8.39. The Bertz CT molecular complexity index is 1120. The van der Waals surface area contributed by atoms with Crippen molar-refractivity contribution in [1.82, 2.24) is 5.32 Å². The number of hydrogen-bond donors (Lipinski definition) is 1. The highest BCUT2D eigenvalue weighted by Crippen LogP contribution is 2.30. The number of thioether (sulfide) groups is 1. The molecule has 2 aromatic rings. The van der Waals surface area contributed by atoms with E-state index in [1.807, 2.05) is 19.1 Å². The third-order valence-electron chi connectivity index (χ3n) is 4.22. The van der Waals surface area contributed by atoms with Crippen LogP contribution in [-0.4, -0.2) is 35.4 Å². The monoisotopic (exact) mass is 491 g/mol. The molecular formula is C22H19Cl2N3O4S. The quantitative estimate of drug-likeness (QED) is 0.591. The number of halogens is 2. The number of anilines is 1. The minimum absolute atomic E-state index is 0.132. The van der Waals surface area contributed by atoms with Gasteiger partial charge in [-0.1, -0.05) is 58.7 Å². The molecule has 0 bridgehead atoms. The molecular weight excluding hydrogens is 473 g/mol. The Kier molecular flexibility index (Phi) is 7.95. The van der Waals surface area contributed by atoms with Gasteiger partial charge in [0.2, 0.25) is 5.91 Å². The number of alkyl carbamates (subject to hydrolysis) is 1. The maximum atomic E-state index is 13.2. The van der Waals surface area contributed by atoms with Crippen molar-refractivity contribution in [3.8, 4) is 0 Å². The van der Waals surface area contributed by atoms with E-state index in [2.05, 4.69) is 10.3 Å². The van der Waals surface area contributed by atoms with Gasteiger partial charge in [-0.3, -0.25) is 19.8 Å². The van der Waals surface area contributed by atoms with E-state index in [-0.39, 0.29) is 24.0 Å². The van der Waals surface area contributed by atoms with Gasteiger partial charge < -0.3 is 4.74 Å². The number of nitrogens with zero attached hydrogens (tertiary/aromatic N) is 2. The molecule has 0 aliphatic carbocycles. The number of nitrogens with one attached hydrogen (secondary N) is 1. The molecule has 1 heterocycles. The molecule has 1 N–H and O–H groups in total. The number of carbonyl (C=O) groups is 3. The van der Waals surface area contributed by atoms with E-state index in [1.54, 1.807) is 43.3 Å². The first kappa shape index (κ1) is 23.8. The second kappa shape index (κ2) is 10.7. The van der Waals surface area contributed by atoms with Gasteiger partial charge in [0, 0.05) is 0 Å². The number of amidine groups is 1. The molecule has 0 aromatic heterocycles. The van der Waals surface area contributed by atoms with E-state index in [4.69, 9.17) is 27.9 Å². The minimum Gasteiger partial charge on any atom is -0.450 e. The summed E-state index contributed by atoms with van der Waals surface area (Å²) in [5, 5.41) is 3.19. The number of hydrogen-bond acceptors (Lipinski definition) is 6. The summed E-state index contributed by atoms with van der Waals surface area (Å²) >= 11 is 13.1. The molecule has 3 rings (SSSR count). The Labute approximate surface area is 199 Å². The number of aliphatic imine (C=N–C) groups is 1. The van der Waals surface area contributed by atoms with Crippen LogP contribution >= 0.6 is 35.0 Å². The highest BCUT2D eigenvalue weighted by atomic mass is 35.5. The summed E-state index contributed by atoms with van der Waals surface area (Å²) in [5.41, 5.74) is 2.47. The Morgan fingerprint density at radius 1 is 1.16 bits per heavy atom. The molecule has 0 atom stereocenters. The molecule has 0 fully saturated rings. The number of rotatable bonds is 5. The predicted octanol–water partition coefficient (Wildman–Crippen LogP) is 5.05. The minimum atomic E-state index is -0.821. The fourth-order valence-electron chi connectivity index (χ4n) is 2.72. The lowest BCUT2D eigenvalue weighted by Crippen LogP contribution is -2.34. The fourth-order valence-corrected chi connectivity index (χ4v) is 3.84. The standard InChI is InChI=1S/C22H19Cl2N3O4S/c1-3-31-22(30)26-19(28)12-32-21-25-18(11-14-6-9-16(23)17(24)10-14)20(29)27(21)15-7-4-13(2)5-8-15/h4-11H,3,12H2,1-2H3,(H,26,28,30)/b18-11-. The average Bonchev–Trinajstić information content (AvgIpc) is 3.05. The Morgan fingerprint density at radius 3 is 2.53 bits per heavy atom. The van der Waals surface area contributed by atoms with Crippen LogP contribution in [0.3, 0.4) is 0 Å². The Hall–Kier alpha value is -2.81. The van der Waals surface area contributed by atoms with Crippen molar-refractivity contribution in [2.75, 3.05) is 17.3 Å². The lowest BCUT2D eigenvalue weighted by atomic mass is 10.2. The Morgan fingerprint density at radius 2 is 1.88 bits per heavy atom. The number of aryl methyl sites for hydroxylation is 1. The number of benzene rings is 2. The molecule has 0 unspecified atom stereocenters. The molecule has 166 valence electrons. The molecule has 2 aromatic carbocycles. The molecule has 7 nitrogen and oxygen atoms in total. The smallest absolute Gasteiger partial charge is 0.413 e. The first-order valence-corrected chi connectivity index (χ1v) is 11.3. The summed E-state index contributed by atoms with van der Waals surface area (Å²) in [4.78, 5) is 42.5. The number of imide groups is 1. The van der Waals surface area contributed by atoms with Crippen LogP contribution in [0.25, 0.3) is 6.08 Å². The van der Waals surface area contributed by atoms with Gasteiger partial charge in [-0.25, -0.2) is 9.79 Å². The lowest BCUT2D eigenvalue weighted by molar-refractivity contribution is -0.118. The first-order valence-electron chi connectivity index (χ1n) is 9.54. The molecule has 0 saturated carbocycles. The van der Waals surface area contributed by atoms with E-state index in [0.29, 0.717) is 26.5 Å². The third-order valence-corrected chi connectivity index (χ3v) is 5.90. The van der Waals surface area contributed by atoms with Gasteiger partial charge >= 0.3 is 6.09 Å². The van der Waals surface area contributed by atoms with Crippen molar-refractivity contribution in [1.29, 1.82) is 0 Å². The Balaban J connectivity index is 1.87. The van der Waals surface area contributed by atoms with Gasteiger partial charge in [0.15, 0.2) is 5.17 Å². The molecule has 32 heavy (non-hydrogen) atoms. The number of ether oxygens (including phenoxy) is 1. The highest BCUT2D eigenvalue weighted by Gasteiger charge is 2.32. The molecule has 0 saturated heterocycles. The zero-order valence-electron chi connectivity index (χ0n) is 17.2. The average molecular weight is 492 g/mol. The van der Waals surface area contributed by atoms with Crippen molar-refractivity contribution in [2.45, 2.75) is 13.8 Å². The third kappa shape index (κ3) is 5.91. The summed E-state index contributed by atoms with van der Waals surface area (Å²) in [5.74, 6) is -1.05. The zero-order valence-corrected chi connectivity index (χ0v) is 19.6. The zero-order chi connectivity index (χ0) is 23.3. The van der Waals surface area contributed by atoms with Crippen LogP contribution in [0, 0.1) is 6.92 Å². The largest absolute Gasteiger partial charge is 0.450 e. The SMILES string of the molecule is CCOC(=O)NC(=O)CSC1=N/C(=C\c2ccc(Cl)c(Cl)c2)C(=O)N1c1ccc(C)cc1. The van der Waals surface area contributed by atoms with E-state index in [9.17, 15) is 14.4 Å². The van der Waals surface area contributed by atoms with Crippen LogP contribution in [0.5, 0.6) is 0 Å². The van der Waals surface area contributed by atoms with Crippen LogP contribution in [0.2, 0.25) is 10.0 Å². The summed E-state index contributed by atoms with van der Waals surface area (Å²) < 4.78 is 4.70. The predicted molar refractivity (Wildman–Crippen MR) is 128 cm³/mol. The molecule has 0 spiro atoms. The van der Waals surface area contributed by atoms with Crippen LogP contribution in [-0.2, 0) is 14.3 Å². The van der Waals surface area contributed by atoms with Crippen molar-refractivity contribution in [3.63, 3.8) is 0 Å². The van der Waals surface area contributed by atoms with E-state index in [1.165, 1.54) is 4.90 Å². The van der Waals surface area contributed by atoms with Crippen LogP contribution in [0.1, 0.15) is 18.1 Å². The number of amides is 3. The molecule has 3 amide bonds. The topological polar surface area (TPSA) is 88.1 Å². The maximum absolute atomic E-state index is 13.2. The van der Waals surface area contributed by atoms with Crippen molar-refractivity contribution in [2.24, 2.45) is 4.99 Å². The van der Waals surface area contributed by atoms with Gasteiger partial charge in [0.25, 0.3) is 5.91 Å². The van der Waals surface area contributed by atoms with E-state index >= 15 is 0 Å². The summed E-state index contributed by atoms with van der Waals surface area (Å²) in [7, 11) is 0. The summed E-state index contributed by atoms with van der Waals surface area (Å²) in [6.07, 6.45) is 0.774. The lowest BCUT2D eigenvalue weighted by Gasteiger charge is -2.17. The van der Waals surface area contributed by atoms with Gasteiger partial charge in [-0.05, 0) is 49.8 Å². The normalized spacial score (nSPS) is 14.5. The van der Waals surface area contributed by atoms with Crippen LogP contribution < -0.4 is 10.2 Å². The molecule has 1 aliphatic heterocycles. The van der Waals surface area contributed by atoms with Crippen LogP contribution in [0.4, 0.5) is 10.5 Å². The highest BCUT2D eigenvalue weighted by molar-refractivity contribution is 8.14. The van der Waals surface area contributed by atoms with Gasteiger partial charge in [0.1, 0.15) is 5.70 Å². The van der Waals surface area contributed by atoms with Gasteiger partial charge in [-0.15, -0.1) is 0 Å². The second-order valence-electron chi connectivity index (χ2n) is 6.63. The summed E-state index contributed by atoms with van der Waals surface area (Å²) in [6.45, 7) is 3.73. The van der Waals surface area contributed by atoms with Crippen molar-refractivity contribution in [3.05, 3.63) is 69.3 Å². The molecule has 0 radical (unpaired) electrons. The fraction of sp³-hybridized carbons (Fsp3) is 0.182. The number of carbonyl (C=O) groups excluding carboxylic acids is 3. The van der Waals surface area contributed by atoms with Gasteiger partial charge in [0.05, 0.1) is 28.1 Å².